The van der Waals surface area contributed by atoms with Crippen molar-refractivity contribution in [1.29, 1.82) is 0 Å². The summed E-state index contributed by atoms with van der Waals surface area (Å²) in [7, 11) is -3.76. The van der Waals surface area contributed by atoms with Crippen LogP contribution in [0, 0.1) is 5.92 Å². The summed E-state index contributed by atoms with van der Waals surface area (Å²) in [5.74, 6) is 0.281. The molecule has 0 aromatic heterocycles. The molecule has 1 aliphatic heterocycles. The highest BCUT2D eigenvalue weighted by atomic mass is 32.2. The minimum atomic E-state index is -4.48. The Kier molecular flexibility index (Phi) is 6.06. The van der Waals surface area contributed by atoms with E-state index in [-0.39, 0.29) is 10.8 Å². The predicted octanol–water partition coefficient (Wildman–Crippen LogP) is 3.31. The highest BCUT2D eigenvalue weighted by molar-refractivity contribution is 7.89. The van der Waals surface area contributed by atoms with Gasteiger partial charge < -0.3 is 4.74 Å². The first kappa shape index (κ1) is 19.0. The first-order chi connectivity index (χ1) is 11.2. The number of ether oxygens (including phenoxy) is 1. The fourth-order valence-corrected chi connectivity index (χ4v) is 4.07. The third kappa shape index (κ3) is 4.58. The summed E-state index contributed by atoms with van der Waals surface area (Å²) in [5, 5.41) is 0. The number of piperidine rings is 1. The summed E-state index contributed by atoms with van der Waals surface area (Å²) in [4.78, 5) is -0.114. The maximum Gasteiger partial charge on any atom is 0.416 e. The van der Waals surface area contributed by atoms with Crippen LogP contribution in [0.5, 0.6) is 0 Å². The molecule has 2 rings (SSSR count). The second-order valence-corrected chi connectivity index (χ2v) is 7.63. The predicted molar refractivity (Wildman–Crippen MR) is 83.9 cm³/mol. The van der Waals surface area contributed by atoms with Gasteiger partial charge in [-0.3, -0.25) is 0 Å². The van der Waals surface area contributed by atoms with E-state index in [2.05, 4.69) is 6.58 Å². The van der Waals surface area contributed by atoms with E-state index in [0.717, 1.165) is 24.3 Å². The second-order valence-electron chi connectivity index (χ2n) is 5.70. The number of hydrogen-bond donors (Lipinski definition) is 0. The van der Waals surface area contributed by atoms with Crippen molar-refractivity contribution in [2.24, 2.45) is 5.92 Å². The van der Waals surface area contributed by atoms with Gasteiger partial charge in [0, 0.05) is 19.7 Å². The topological polar surface area (TPSA) is 46.6 Å². The highest BCUT2D eigenvalue weighted by Crippen LogP contribution is 2.31. The molecule has 1 fully saturated rings. The van der Waals surface area contributed by atoms with E-state index >= 15 is 0 Å². The molecule has 4 nitrogen and oxygen atoms in total. The van der Waals surface area contributed by atoms with E-state index in [1.807, 2.05) is 0 Å². The fourth-order valence-electron chi connectivity index (χ4n) is 2.60. The molecular formula is C16H20F3NO3S. The first-order valence-electron chi connectivity index (χ1n) is 7.61. The van der Waals surface area contributed by atoms with Crippen LogP contribution in [0.4, 0.5) is 13.2 Å². The van der Waals surface area contributed by atoms with Gasteiger partial charge in [0.2, 0.25) is 10.0 Å². The van der Waals surface area contributed by atoms with Crippen molar-refractivity contribution in [3.8, 4) is 0 Å². The standard InChI is InChI=1S/C16H20F3NO3S/c1-2-11-23-12-13-7-9-20(10-8-13)24(21,22)15-5-3-14(4-6-15)16(17,18)19/h2-6,13H,1,7-12H2. The van der Waals surface area contributed by atoms with Crippen molar-refractivity contribution < 1.29 is 26.3 Å². The zero-order valence-corrected chi connectivity index (χ0v) is 13.9. The first-order valence-corrected chi connectivity index (χ1v) is 9.05. The third-order valence-corrected chi connectivity index (χ3v) is 5.90. The fraction of sp³-hybridized carbons (Fsp3) is 0.500. The average molecular weight is 363 g/mol. The summed E-state index contributed by atoms with van der Waals surface area (Å²) in [5.41, 5.74) is -0.862. The van der Waals surface area contributed by atoms with E-state index < -0.39 is 21.8 Å². The van der Waals surface area contributed by atoms with Crippen LogP contribution in [0.2, 0.25) is 0 Å². The van der Waals surface area contributed by atoms with Gasteiger partial charge in [0.25, 0.3) is 0 Å². The van der Waals surface area contributed by atoms with Crippen LogP contribution in [0.25, 0.3) is 0 Å². The molecule has 1 aromatic rings. The molecule has 134 valence electrons. The van der Waals surface area contributed by atoms with Crippen LogP contribution in [0.15, 0.2) is 41.8 Å². The van der Waals surface area contributed by atoms with Crippen molar-refractivity contribution in [3.05, 3.63) is 42.5 Å². The molecule has 0 radical (unpaired) electrons. The molecule has 1 aromatic carbocycles. The monoisotopic (exact) mass is 363 g/mol. The molecule has 0 saturated carbocycles. The maximum atomic E-state index is 12.6. The van der Waals surface area contributed by atoms with Crippen LogP contribution in [-0.2, 0) is 20.9 Å². The molecule has 8 heteroatoms. The molecule has 0 bridgehead atoms. The molecule has 0 spiro atoms. The molecule has 0 unspecified atom stereocenters. The van der Waals surface area contributed by atoms with E-state index in [1.54, 1.807) is 6.08 Å². The Morgan fingerprint density at radius 2 is 1.79 bits per heavy atom. The highest BCUT2D eigenvalue weighted by Gasteiger charge is 2.32. The Bertz CT molecular complexity index is 648. The Hall–Kier alpha value is -1.38. The summed E-state index contributed by atoms with van der Waals surface area (Å²) in [6, 6.07) is 3.61. The third-order valence-electron chi connectivity index (χ3n) is 3.98. The lowest BCUT2D eigenvalue weighted by atomic mass is 9.99. The smallest absolute Gasteiger partial charge is 0.377 e. The number of rotatable bonds is 6. The Balaban J connectivity index is 2.00. The summed E-state index contributed by atoms with van der Waals surface area (Å²) in [6.45, 7) is 5.26. The van der Waals surface area contributed by atoms with E-state index in [9.17, 15) is 21.6 Å². The maximum absolute atomic E-state index is 12.6. The summed E-state index contributed by atoms with van der Waals surface area (Å²) >= 11 is 0. The minimum Gasteiger partial charge on any atom is -0.377 e. The molecule has 0 atom stereocenters. The zero-order chi connectivity index (χ0) is 17.8. The minimum absolute atomic E-state index is 0.114. The van der Waals surface area contributed by atoms with Crippen molar-refractivity contribution >= 4 is 10.0 Å². The molecule has 1 aliphatic rings. The largest absolute Gasteiger partial charge is 0.416 e. The van der Waals surface area contributed by atoms with Gasteiger partial charge in [-0.2, -0.15) is 17.5 Å². The number of hydrogen-bond acceptors (Lipinski definition) is 3. The van der Waals surface area contributed by atoms with Crippen molar-refractivity contribution in [2.75, 3.05) is 26.3 Å². The molecule has 1 saturated heterocycles. The summed E-state index contributed by atoms with van der Waals surface area (Å²) < 4.78 is 69.4. The summed E-state index contributed by atoms with van der Waals surface area (Å²) in [6.07, 6.45) is -1.50. The molecule has 1 heterocycles. The van der Waals surface area contributed by atoms with Gasteiger partial charge in [-0.1, -0.05) is 6.08 Å². The number of sulfonamides is 1. The van der Waals surface area contributed by atoms with Crippen LogP contribution in [-0.4, -0.2) is 39.0 Å². The zero-order valence-electron chi connectivity index (χ0n) is 13.1. The molecule has 24 heavy (non-hydrogen) atoms. The number of benzene rings is 1. The lowest BCUT2D eigenvalue weighted by molar-refractivity contribution is -0.137. The van der Waals surface area contributed by atoms with Gasteiger partial charge in [-0.25, -0.2) is 8.42 Å². The van der Waals surface area contributed by atoms with Gasteiger partial charge in [-0.05, 0) is 43.0 Å². The lowest BCUT2D eigenvalue weighted by Crippen LogP contribution is -2.39. The number of nitrogens with zero attached hydrogens (tertiary/aromatic N) is 1. The van der Waals surface area contributed by atoms with Crippen LogP contribution >= 0.6 is 0 Å². The Labute approximate surface area is 140 Å². The van der Waals surface area contributed by atoms with Gasteiger partial charge >= 0.3 is 6.18 Å². The van der Waals surface area contributed by atoms with Crippen LogP contribution in [0.3, 0.4) is 0 Å². The van der Waals surface area contributed by atoms with E-state index in [4.69, 9.17) is 4.74 Å². The Morgan fingerprint density at radius 1 is 1.21 bits per heavy atom. The molecule has 0 aliphatic carbocycles. The number of halogens is 3. The van der Waals surface area contributed by atoms with Gasteiger partial charge in [0.05, 0.1) is 17.1 Å². The van der Waals surface area contributed by atoms with E-state index in [0.29, 0.717) is 39.1 Å². The quantitative estimate of drug-likeness (QED) is 0.575. The average Bonchev–Trinajstić information content (AvgIpc) is 2.55. The van der Waals surface area contributed by atoms with Gasteiger partial charge in [0.15, 0.2) is 0 Å². The Morgan fingerprint density at radius 3 is 2.29 bits per heavy atom. The number of alkyl halides is 3. The molecule has 0 amide bonds. The molecular weight excluding hydrogens is 343 g/mol. The lowest BCUT2D eigenvalue weighted by Gasteiger charge is -2.31. The van der Waals surface area contributed by atoms with Gasteiger partial charge in [-0.15, -0.1) is 6.58 Å². The van der Waals surface area contributed by atoms with Gasteiger partial charge in [0.1, 0.15) is 0 Å². The second kappa shape index (κ2) is 7.67. The van der Waals surface area contributed by atoms with Crippen LogP contribution in [0.1, 0.15) is 18.4 Å². The van der Waals surface area contributed by atoms with E-state index in [1.165, 1.54) is 4.31 Å². The van der Waals surface area contributed by atoms with Crippen molar-refractivity contribution in [1.82, 2.24) is 4.31 Å². The molecule has 0 N–H and O–H groups in total. The SMILES string of the molecule is C=CCOCC1CCN(S(=O)(=O)c2ccc(C(F)(F)F)cc2)CC1. The van der Waals surface area contributed by atoms with Crippen molar-refractivity contribution in [2.45, 2.75) is 23.9 Å². The van der Waals surface area contributed by atoms with Crippen LogP contribution < -0.4 is 0 Å². The normalized spacial score (nSPS) is 17.8. The van der Waals surface area contributed by atoms with Crippen molar-refractivity contribution in [3.63, 3.8) is 0 Å².